The highest BCUT2D eigenvalue weighted by atomic mass is 35.5. The van der Waals surface area contributed by atoms with Crippen LogP contribution in [0.2, 0.25) is 5.02 Å². The Labute approximate surface area is 92.1 Å². The molecule has 0 bridgehead atoms. The molecule has 0 aliphatic carbocycles. The Bertz CT molecular complexity index is 364. The zero-order valence-electron chi connectivity index (χ0n) is 8.11. The lowest BCUT2D eigenvalue weighted by atomic mass is 10.1. The highest BCUT2D eigenvalue weighted by molar-refractivity contribution is 6.32. The summed E-state index contributed by atoms with van der Waals surface area (Å²) >= 11 is 5.78. The average Bonchev–Trinajstić information content (AvgIpc) is 2.17. The lowest BCUT2D eigenvalue weighted by molar-refractivity contribution is -0.139. The minimum absolute atomic E-state index is 0.342. The summed E-state index contributed by atoms with van der Waals surface area (Å²) in [6, 6.07) is 4.65. The number of ether oxygens (including phenoxy) is 1. The second kappa shape index (κ2) is 5.00. The van der Waals surface area contributed by atoms with Crippen LogP contribution in [0.3, 0.4) is 0 Å². The van der Waals surface area contributed by atoms with Gasteiger partial charge in [0.25, 0.3) is 0 Å². The van der Waals surface area contributed by atoms with E-state index in [1.165, 1.54) is 13.2 Å². The van der Waals surface area contributed by atoms with Gasteiger partial charge in [-0.1, -0.05) is 17.7 Å². The van der Waals surface area contributed by atoms with E-state index < -0.39 is 12.1 Å². The van der Waals surface area contributed by atoms with Crippen molar-refractivity contribution in [2.24, 2.45) is 0 Å². The van der Waals surface area contributed by atoms with Crippen LogP contribution in [0.25, 0.3) is 0 Å². The summed E-state index contributed by atoms with van der Waals surface area (Å²) < 4.78 is 4.95. The predicted molar refractivity (Wildman–Crippen MR) is 55.2 cm³/mol. The molecule has 0 amide bonds. The van der Waals surface area contributed by atoms with Crippen molar-refractivity contribution in [2.45, 2.75) is 12.5 Å². The van der Waals surface area contributed by atoms with E-state index in [1.807, 2.05) is 0 Å². The van der Waals surface area contributed by atoms with Gasteiger partial charge in [-0.15, -0.1) is 0 Å². The van der Waals surface area contributed by atoms with Gasteiger partial charge in [-0.3, -0.25) is 4.79 Å². The molecule has 1 rings (SSSR count). The Morgan fingerprint density at radius 3 is 2.80 bits per heavy atom. The maximum atomic E-state index is 10.4. The molecule has 1 atom stereocenters. The van der Waals surface area contributed by atoms with Crippen molar-refractivity contribution < 1.29 is 19.7 Å². The van der Waals surface area contributed by atoms with Crippen molar-refractivity contribution >= 4 is 17.6 Å². The zero-order valence-corrected chi connectivity index (χ0v) is 8.86. The van der Waals surface area contributed by atoms with Crippen molar-refractivity contribution in [2.75, 3.05) is 7.11 Å². The molecule has 0 aliphatic rings. The first-order chi connectivity index (χ1) is 7.04. The van der Waals surface area contributed by atoms with Crippen LogP contribution in [0.4, 0.5) is 0 Å². The lowest BCUT2D eigenvalue weighted by Gasteiger charge is -2.10. The molecule has 4 nitrogen and oxygen atoms in total. The molecule has 15 heavy (non-hydrogen) atoms. The fourth-order valence-electron chi connectivity index (χ4n) is 1.17. The molecule has 0 saturated heterocycles. The number of benzene rings is 1. The molecule has 0 fully saturated rings. The van der Waals surface area contributed by atoms with E-state index in [1.54, 1.807) is 12.1 Å². The van der Waals surface area contributed by atoms with E-state index in [0.717, 1.165) is 0 Å². The molecule has 0 aliphatic heterocycles. The van der Waals surface area contributed by atoms with Crippen LogP contribution in [0.1, 0.15) is 18.1 Å². The third-order valence-corrected chi connectivity index (χ3v) is 2.24. The number of carboxylic acid groups (broad SMARTS) is 1. The number of halogens is 1. The van der Waals surface area contributed by atoms with Gasteiger partial charge in [-0.2, -0.15) is 0 Å². The number of carboxylic acids is 1. The number of hydrogen-bond donors (Lipinski definition) is 2. The average molecular weight is 231 g/mol. The molecule has 2 N–H and O–H groups in total. The second-order valence-corrected chi connectivity index (χ2v) is 3.41. The molecule has 0 saturated carbocycles. The summed E-state index contributed by atoms with van der Waals surface area (Å²) in [6.45, 7) is 0. The van der Waals surface area contributed by atoms with Crippen molar-refractivity contribution in [1.29, 1.82) is 0 Å². The molecule has 5 heteroatoms. The Hall–Kier alpha value is -1.26. The van der Waals surface area contributed by atoms with Crippen LogP contribution in [0.15, 0.2) is 18.2 Å². The summed E-state index contributed by atoms with van der Waals surface area (Å²) in [5.74, 6) is -0.643. The predicted octanol–water partition coefficient (Wildman–Crippen LogP) is 1.86. The van der Waals surface area contributed by atoms with Gasteiger partial charge < -0.3 is 14.9 Å². The number of rotatable bonds is 4. The summed E-state index contributed by atoms with van der Waals surface area (Å²) in [6.07, 6.45) is -1.39. The summed E-state index contributed by atoms with van der Waals surface area (Å²) in [5.41, 5.74) is 0.471. The van der Waals surface area contributed by atoms with Gasteiger partial charge >= 0.3 is 5.97 Å². The maximum Gasteiger partial charge on any atom is 0.306 e. The van der Waals surface area contributed by atoms with Crippen LogP contribution in [0.5, 0.6) is 5.75 Å². The first kappa shape index (κ1) is 11.8. The molecule has 0 spiro atoms. The smallest absolute Gasteiger partial charge is 0.306 e. The highest BCUT2D eigenvalue weighted by Crippen LogP contribution is 2.28. The molecule has 0 radical (unpaired) electrons. The SMILES string of the molecule is COc1cc([C@@H](O)CC(=O)O)ccc1Cl. The molecular formula is C10H11ClO4. The topological polar surface area (TPSA) is 66.8 Å². The minimum atomic E-state index is -1.06. The fraction of sp³-hybridized carbons (Fsp3) is 0.300. The summed E-state index contributed by atoms with van der Waals surface area (Å²) in [5, 5.41) is 18.5. The van der Waals surface area contributed by atoms with Gasteiger partial charge in [0.2, 0.25) is 0 Å². The Morgan fingerprint density at radius 2 is 2.27 bits per heavy atom. The first-order valence-corrected chi connectivity index (χ1v) is 4.65. The molecule has 1 aromatic carbocycles. The Kier molecular flexibility index (Phi) is 3.94. The van der Waals surface area contributed by atoms with E-state index in [-0.39, 0.29) is 6.42 Å². The highest BCUT2D eigenvalue weighted by Gasteiger charge is 2.13. The van der Waals surface area contributed by atoms with Crippen LogP contribution < -0.4 is 4.74 Å². The van der Waals surface area contributed by atoms with Gasteiger partial charge in [0.05, 0.1) is 24.7 Å². The van der Waals surface area contributed by atoms with Gasteiger partial charge in [0, 0.05) is 0 Å². The summed E-state index contributed by atoms with van der Waals surface area (Å²) in [7, 11) is 1.45. The van der Waals surface area contributed by atoms with E-state index in [2.05, 4.69) is 0 Å². The standard InChI is InChI=1S/C10H11ClO4/c1-15-9-4-6(2-3-7(9)11)8(12)5-10(13)14/h2-4,8,12H,5H2,1H3,(H,13,14)/t8-/m0/s1. The zero-order chi connectivity index (χ0) is 11.4. The normalized spacial score (nSPS) is 12.2. The van der Waals surface area contributed by atoms with Crippen LogP contribution in [0, 0.1) is 0 Å². The number of aliphatic hydroxyl groups is 1. The molecule has 82 valence electrons. The third kappa shape index (κ3) is 3.11. The molecule has 0 heterocycles. The van der Waals surface area contributed by atoms with Crippen LogP contribution in [-0.2, 0) is 4.79 Å². The lowest BCUT2D eigenvalue weighted by Crippen LogP contribution is -2.05. The number of aliphatic carboxylic acids is 1. The van der Waals surface area contributed by atoms with Crippen molar-refractivity contribution in [3.8, 4) is 5.75 Å². The van der Waals surface area contributed by atoms with Crippen molar-refractivity contribution in [1.82, 2.24) is 0 Å². The van der Waals surface area contributed by atoms with E-state index in [9.17, 15) is 9.90 Å². The van der Waals surface area contributed by atoms with Crippen LogP contribution in [-0.4, -0.2) is 23.3 Å². The molecule has 1 aromatic rings. The monoisotopic (exact) mass is 230 g/mol. The van der Waals surface area contributed by atoms with Crippen molar-refractivity contribution in [3.05, 3.63) is 28.8 Å². The second-order valence-electron chi connectivity index (χ2n) is 3.01. The number of carbonyl (C=O) groups is 1. The minimum Gasteiger partial charge on any atom is -0.495 e. The van der Waals surface area contributed by atoms with Crippen LogP contribution >= 0.6 is 11.6 Å². The number of hydrogen-bond acceptors (Lipinski definition) is 3. The van der Waals surface area contributed by atoms with Gasteiger partial charge in [-0.25, -0.2) is 0 Å². The van der Waals surface area contributed by atoms with Gasteiger partial charge in [0.1, 0.15) is 5.75 Å². The Balaban J connectivity index is 2.90. The van der Waals surface area contributed by atoms with E-state index in [0.29, 0.717) is 16.3 Å². The third-order valence-electron chi connectivity index (χ3n) is 1.93. The van der Waals surface area contributed by atoms with Crippen molar-refractivity contribution in [3.63, 3.8) is 0 Å². The Morgan fingerprint density at radius 1 is 1.60 bits per heavy atom. The van der Waals surface area contributed by atoms with E-state index >= 15 is 0 Å². The largest absolute Gasteiger partial charge is 0.495 e. The molecular weight excluding hydrogens is 220 g/mol. The molecule has 0 unspecified atom stereocenters. The number of aliphatic hydroxyl groups excluding tert-OH is 1. The van der Waals surface area contributed by atoms with E-state index in [4.69, 9.17) is 21.4 Å². The molecule has 0 aromatic heterocycles. The van der Waals surface area contributed by atoms with Gasteiger partial charge in [-0.05, 0) is 17.7 Å². The maximum absolute atomic E-state index is 10.4. The quantitative estimate of drug-likeness (QED) is 0.829. The first-order valence-electron chi connectivity index (χ1n) is 4.28. The fourth-order valence-corrected chi connectivity index (χ4v) is 1.36. The number of methoxy groups -OCH3 is 1. The van der Waals surface area contributed by atoms with Gasteiger partial charge in [0.15, 0.2) is 0 Å². The summed E-state index contributed by atoms with van der Waals surface area (Å²) in [4.78, 5) is 10.4.